The van der Waals surface area contributed by atoms with E-state index in [1.807, 2.05) is 44.3 Å². The van der Waals surface area contributed by atoms with Gasteiger partial charge in [0.2, 0.25) is 0 Å². The van der Waals surface area contributed by atoms with Gasteiger partial charge in [-0.1, -0.05) is 23.7 Å². The van der Waals surface area contributed by atoms with Gasteiger partial charge in [0.15, 0.2) is 0 Å². The number of amides is 2. The number of ether oxygens (including phenoxy) is 1. The molecule has 124 valence electrons. The summed E-state index contributed by atoms with van der Waals surface area (Å²) in [5, 5.41) is 10.5. The molecule has 0 spiro atoms. The van der Waals surface area contributed by atoms with Crippen LogP contribution >= 0.6 is 11.6 Å². The average Bonchev–Trinajstić information content (AvgIpc) is 2.84. The summed E-state index contributed by atoms with van der Waals surface area (Å²) in [7, 11) is 1.85. The van der Waals surface area contributed by atoms with Crippen molar-refractivity contribution in [2.75, 3.05) is 13.2 Å². The Morgan fingerprint density at radius 3 is 2.70 bits per heavy atom. The minimum Gasteiger partial charge on any atom is -0.375 e. The number of hydrogen-bond donors (Lipinski definition) is 2. The lowest BCUT2D eigenvalue weighted by Gasteiger charge is -2.08. The molecule has 2 N–H and O–H groups in total. The molecule has 2 rings (SSSR count). The molecule has 0 aliphatic rings. The summed E-state index contributed by atoms with van der Waals surface area (Å²) in [6.07, 6.45) is 0. The summed E-state index contributed by atoms with van der Waals surface area (Å²) in [5.41, 5.74) is 2.93. The molecule has 6 nitrogen and oxygen atoms in total. The number of carbonyl (C=O) groups excluding carboxylic acids is 1. The number of rotatable bonds is 7. The van der Waals surface area contributed by atoms with Crippen molar-refractivity contribution in [3.63, 3.8) is 0 Å². The third-order valence-corrected chi connectivity index (χ3v) is 3.49. The van der Waals surface area contributed by atoms with E-state index in [2.05, 4.69) is 15.7 Å². The SMILES string of the molecule is Cc1cc(CNC(=O)NCCOCc2ccc(Cl)cc2)n(C)n1. The van der Waals surface area contributed by atoms with E-state index in [0.29, 0.717) is 31.3 Å². The summed E-state index contributed by atoms with van der Waals surface area (Å²) in [6, 6.07) is 9.20. The van der Waals surface area contributed by atoms with Crippen molar-refractivity contribution in [3.8, 4) is 0 Å². The van der Waals surface area contributed by atoms with Gasteiger partial charge in [-0.05, 0) is 30.7 Å². The molecule has 0 atom stereocenters. The standard InChI is InChI=1S/C16H21ClN4O2/c1-12-9-15(21(2)20-12)10-19-16(22)18-7-8-23-11-13-3-5-14(17)6-4-13/h3-6,9H,7-8,10-11H2,1-2H3,(H2,18,19,22). The minimum atomic E-state index is -0.223. The van der Waals surface area contributed by atoms with Gasteiger partial charge < -0.3 is 15.4 Å². The van der Waals surface area contributed by atoms with Crippen molar-refractivity contribution in [2.45, 2.75) is 20.1 Å². The van der Waals surface area contributed by atoms with Crippen LogP contribution in [0.25, 0.3) is 0 Å². The maximum atomic E-state index is 11.7. The highest BCUT2D eigenvalue weighted by Crippen LogP contribution is 2.09. The third kappa shape index (κ3) is 5.92. The number of nitrogens with zero attached hydrogens (tertiary/aromatic N) is 2. The Labute approximate surface area is 140 Å². The van der Waals surface area contributed by atoms with E-state index in [0.717, 1.165) is 17.0 Å². The number of hydrogen-bond acceptors (Lipinski definition) is 3. The molecule has 0 aliphatic heterocycles. The van der Waals surface area contributed by atoms with Crippen molar-refractivity contribution in [1.29, 1.82) is 0 Å². The van der Waals surface area contributed by atoms with E-state index in [-0.39, 0.29) is 6.03 Å². The molecule has 0 saturated carbocycles. The Morgan fingerprint density at radius 2 is 2.04 bits per heavy atom. The lowest BCUT2D eigenvalue weighted by atomic mass is 10.2. The number of carbonyl (C=O) groups is 1. The zero-order chi connectivity index (χ0) is 16.7. The van der Waals surface area contributed by atoms with Gasteiger partial charge in [0, 0.05) is 18.6 Å². The molecule has 1 heterocycles. The van der Waals surface area contributed by atoms with Crippen LogP contribution in [0.4, 0.5) is 4.79 Å². The van der Waals surface area contributed by atoms with Crippen LogP contribution in [0, 0.1) is 6.92 Å². The molecular formula is C16H21ClN4O2. The van der Waals surface area contributed by atoms with Crippen molar-refractivity contribution in [2.24, 2.45) is 7.05 Å². The molecule has 0 saturated heterocycles. The first-order valence-corrected chi connectivity index (χ1v) is 7.76. The number of urea groups is 1. The highest BCUT2D eigenvalue weighted by molar-refractivity contribution is 6.30. The molecule has 23 heavy (non-hydrogen) atoms. The third-order valence-electron chi connectivity index (χ3n) is 3.24. The van der Waals surface area contributed by atoms with Crippen molar-refractivity contribution in [3.05, 3.63) is 52.3 Å². The zero-order valence-corrected chi connectivity index (χ0v) is 14.1. The van der Waals surface area contributed by atoms with Crippen LogP contribution in [0.3, 0.4) is 0 Å². The van der Waals surface area contributed by atoms with Gasteiger partial charge in [-0.3, -0.25) is 4.68 Å². The second-order valence-corrected chi connectivity index (χ2v) is 5.63. The highest BCUT2D eigenvalue weighted by Gasteiger charge is 2.04. The van der Waals surface area contributed by atoms with E-state index in [9.17, 15) is 4.79 Å². The Kier molecular flexibility index (Phi) is 6.43. The highest BCUT2D eigenvalue weighted by atomic mass is 35.5. The minimum absolute atomic E-state index is 0.223. The van der Waals surface area contributed by atoms with E-state index in [4.69, 9.17) is 16.3 Å². The molecule has 2 amide bonds. The Bertz CT molecular complexity index is 640. The van der Waals surface area contributed by atoms with Crippen molar-refractivity contribution >= 4 is 17.6 Å². The average molecular weight is 337 g/mol. The first-order chi connectivity index (χ1) is 11.0. The van der Waals surface area contributed by atoms with E-state index in [1.54, 1.807) is 4.68 Å². The van der Waals surface area contributed by atoms with Crippen LogP contribution in [-0.2, 0) is 24.9 Å². The van der Waals surface area contributed by atoms with Gasteiger partial charge in [0.25, 0.3) is 0 Å². The summed E-state index contributed by atoms with van der Waals surface area (Å²) in [6.45, 7) is 3.75. The fraction of sp³-hybridized carbons (Fsp3) is 0.375. The number of aryl methyl sites for hydroxylation is 2. The van der Waals surface area contributed by atoms with E-state index < -0.39 is 0 Å². The Hall–Kier alpha value is -2.05. The van der Waals surface area contributed by atoms with Gasteiger partial charge in [-0.2, -0.15) is 5.10 Å². The maximum absolute atomic E-state index is 11.7. The fourth-order valence-corrected chi connectivity index (χ4v) is 2.20. The number of benzene rings is 1. The Morgan fingerprint density at radius 1 is 1.30 bits per heavy atom. The largest absolute Gasteiger partial charge is 0.375 e. The predicted molar refractivity (Wildman–Crippen MR) is 89.3 cm³/mol. The van der Waals surface area contributed by atoms with E-state index in [1.165, 1.54) is 0 Å². The van der Waals surface area contributed by atoms with E-state index >= 15 is 0 Å². The van der Waals surface area contributed by atoms with Crippen LogP contribution < -0.4 is 10.6 Å². The number of nitrogens with one attached hydrogen (secondary N) is 2. The molecule has 1 aromatic carbocycles. The monoisotopic (exact) mass is 336 g/mol. The molecule has 0 fully saturated rings. The summed E-state index contributed by atoms with van der Waals surface area (Å²) >= 11 is 5.81. The Balaban J connectivity index is 1.58. The first-order valence-electron chi connectivity index (χ1n) is 7.38. The molecule has 2 aromatic rings. The van der Waals surface area contributed by atoms with Gasteiger partial charge in [0.05, 0.1) is 31.1 Å². The number of halogens is 1. The molecule has 0 unspecified atom stereocenters. The van der Waals surface area contributed by atoms with Gasteiger partial charge in [0.1, 0.15) is 0 Å². The van der Waals surface area contributed by atoms with Gasteiger partial charge in [-0.25, -0.2) is 4.79 Å². The molecule has 0 aliphatic carbocycles. The van der Waals surface area contributed by atoms with Crippen molar-refractivity contribution in [1.82, 2.24) is 20.4 Å². The second kappa shape index (κ2) is 8.55. The normalized spacial score (nSPS) is 10.6. The van der Waals surface area contributed by atoms with Crippen LogP contribution in [-0.4, -0.2) is 29.0 Å². The molecular weight excluding hydrogens is 316 g/mol. The quantitative estimate of drug-likeness (QED) is 0.763. The van der Waals surface area contributed by atoms with Crippen LogP contribution in [0.1, 0.15) is 17.0 Å². The lowest BCUT2D eigenvalue weighted by Crippen LogP contribution is -2.37. The summed E-state index contributed by atoms with van der Waals surface area (Å²) in [5.74, 6) is 0. The topological polar surface area (TPSA) is 68.2 Å². The van der Waals surface area contributed by atoms with Gasteiger partial charge in [-0.15, -0.1) is 0 Å². The zero-order valence-electron chi connectivity index (χ0n) is 13.3. The molecule has 0 bridgehead atoms. The van der Waals surface area contributed by atoms with Crippen molar-refractivity contribution < 1.29 is 9.53 Å². The second-order valence-electron chi connectivity index (χ2n) is 5.19. The number of aromatic nitrogens is 2. The van der Waals surface area contributed by atoms with Crippen LogP contribution in [0.15, 0.2) is 30.3 Å². The molecule has 0 radical (unpaired) electrons. The lowest BCUT2D eigenvalue weighted by molar-refractivity contribution is 0.123. The predicted octanol–water partition coefficient (Wildman–Crippen LogP) is 2.40. The molecule has 1 aromatic heterocycles. The summed E-state index contributed by atoms with van der Waals surface area (Å²) in [4.78, 5) is 11.7. The smallest absolute Gasteiger partial charge is 0.315 e. The van der Waals surface area contributed by atoms with Crippen LogP contribution in [0.2, 0.25) is 5.02 Å². The fourth-order valence-electron chi connectivity index (χ4n) is 2.07. The summed E-state index contributed by atoms with van der Waals surface area (Å²) < 4.78 is 7.25. The molecule has 7 heteroatoms. The van der Waals surface area contributed by atoms with Gasteiger partial charge >= 0.3 is 6.03 Å². The first kappa shape index (κ1) is 17.3. The van der Waals surface area contributed by atoms with Crippen LogP contribution in [0.5, 0.6) is 0 Å². The maximum Gasteiger partial charge on any atom is 0.315 e.